The van der Waals surface area contributed by atoms with Crippen LogP contribution in [0.25, 0.3) is 11.2 Å². The molecule has 9 heteroatoms. The number of carbonyl (C=O) groups is 2. The summed E-state index contributed by atoms with van der Waals surface area (Å²) < 4.78 is 7.48. The molecule has 0 aliphatic rings. The summed E-state index contributed by atoms with van der Waals surface area (Å²) in [5.41, 5.74) is 4.22. The number of aryl methyl sites for hydroxylation is 1. The highest BCUT2D eigenvalue weighted by molar-refractivity contribution is 6.00. The first-order valence-electron chi connectivity index (χ1n) is 9.80. The quantitative estimate of drug-likeness (QED) is 0.465. The van der Waals surface area contributed by atoms with Crippen LogP contribution in [0.5, 0.6) is 0 Å². The smallest absolute Gasteiger partial charge is 0.340 e. The van der Waals surface area contributed by atoms with E-state index in [0.29, 0.717) is 23.3 Å². The second-order valence-electron chi connectivity index (χ2n) is 7.22. The molecule has 31 heavy (non-hydrogen) atoms. The van der Waals surface area contributed by atoms with E-state index in [-0.39, 0.29) is 5.82 Å². The molecule has 9 nitrogen and oxygen atoms in total. The van der Waals surface area contributed by atoms with Crippen molar-refractivity contribution in [3.63, 3.8) is 0 Å². The highest BCUT2D eigenvalue weighted by atomic mass is 16.5. The number of imidazole rings is 1. The van der Waals surface area contributed by atoms with Crippen molar-refractivity contribution in [2.75, 3.05) is 5.32 Å². The molecule has 0 radical (unpaired) electrons. The number of ether oxygens (including phenoxy) is 1. The average Bonchev–Trinajstić information content (AvgIpc) is 3.35. The maximum atomic E-state index is 12.8. The van der Waals surface area contributed by atoms with Crippen molar-refractivity contribution >= 4 is 28.9 Å². The molecule has 3 aromatic heterocycles. The van der Waals surface area contributed by atoms with Gasteiger partial charge in [-0.2, -0.15) is 0 Å². The summed E-state index contributed by atoms with van der Waals surface area (Å²) in [4.78, 5) is 40.3. The average molecular weight is 418 g/mol. The van der Waals surface area contributed by atoms with E-state index in [0.717, 1.165) is 17.0 Å². The summed E-state index contributed by atoms with van der Waals surface area (Å²) in [6, 6.07) is 11.8. The maximum absolute atomic E-state index is 12.8. The number of H-pyrrole nitrogens is 1. The Morgan fingerprint density at radius 3 is 2.71 bits per heavy atom. The van der Waals surface area contributed by atoms with Crippen LogP contribution >= 0.6 is 0 Å². The number of aromatic amines is 1. The molecule has 0 saturated carbocycles. The van der Waals surface area contributed by atoms with Gasteiger partial charge in [0.25, 0.3) is 5.91 Å². The van der Waals surface area contributed by atoms with Gasteiger partial charge in [-0.05, 0) is 32.4 Å². The number of carbonyl (C=O) groups excluding carboxylic acids is 2. The van der Waals surface area contributed by atoms with Gasteiger partial charge in [0.15, 0.2) is 17.6 Å². The lowest BCUT2D eigenvalue weighted by molar-refractivity contribution is -0.123. The molecule has 2 N–H and O–H groups in total. The molecule has 1 amide bonds. The van der Waals surface area contributed by atoms with Crippen LogP contribution < -0.4 is 5.32 Å². The summed E-state index contributed by atoms with van der Waals surface area (Å²) >= 11 is 0. The first-order chi connectivity index (χ1) is 14.9. The molecule has 0 aliphatic heterocycles. The number of hydrogen-bond acceptors (Lipinski definition) is 6. The standard InChI is InChI=1S/C22H22N6O3/c1-13-9-17(14(2)28(13)10-16-7-5-4-6-8-16)22(30)31-15(3)21(29)27-20-18-19(24-11-23-18)25-12-26-20/h4-9,11-12,15H,10H2,1-3H3,(H2,23,24,25,26,27,29). The second kappa shape index (κ2) is 8.39. The molecule has 1 atom stereocenters. The van der Waals surface area contributed by atoms with Crippen LogP contribution in [0.3, 0.4) is 0 Å². The Morgan fingerprint density at radius 2 is 1.94 bits per heavy atom. The van der Waals surface area contributed by atoms with Gasteiger partial charge in [-0.15, -0.1) is 0 Å². The number of amides is 1. The van der Waals surface area contributed by atoms with Crippen LogP contribution in [0.2, 0.25) is 0 Å². The molecular formula is C22H22N6O3. The van der Waals surface area contributed by atoms with E-state index >= 15 is 0 Å². The van der Waals surface area contributed by atoms with E-state index in [1.54, 1.807) is 6.07 Å². The van der Waals surface area contributed by atoms with Gasteiger partial charge < -0.3 is 19.6 Å². The number of nitrogens with zero attached hydrogens (tertiary/aromatic N) is 4. The number of aromatic nitrogens is 5. The molecular weight excluding hydrogens is 396 g/mol. The Balaban J connectivity index is 1.46. The maximum Gasteiger partial charge on any atom is 0.340 e. The minimum Gasteiger partial charge on any atom is -0.449 e. The van der Waals surface area contributed by atoms with Crippen LogP contribution in [0, 0.1) is 13.8 Å². The number of anilines is 1. The topological polar surface area (TPSA) is 115 Å². The van der Waals surface area contributed by atoms with E-state index in [2.05, 4.69) is 25.3 Å². The van der Waals surface area contributed by atoms with Gasteiger partial charge >= 0.3 is 5.97 Å². The zero-order chi connectivity index (χ0) is 22.0. The molecule has 0 fully saturated rings. The fraction of sp³-hybridized carbons (Fsp3) is 0.227. The minimum absolute atomic E-state index is 0.274. The molecule has 0 aliphatic carbocycles. The molecule has 1 unspecified atom stereocenters. The van der Waals surface area contributed by atoms with Crippen LogP contribution in [0.1, 0.15) is 34.2 Å². The third-order valence-corrected chi connectivity index (χ3v) is 5.09. The van der Waals surface area contributed by atoms with Gasteiger partial charge in [-0.25, -0.2) is 19.7 Å². The van der Waals surface area contributed by atoms with Crippen molar-refractivity contribution < 1.29 is 14.3 Å². The van der Waals surface area contributed by atoms with E-state index in [1.807, 2.05) is 48.7 Å². The fourth-order valence-electron chi connectivity index (χ4n) is 3.37. The van der Waals surface area contributed by atoms with Crippen LogP contribution in [0.15, 0.2) is 49.1 Å². The van der Waals surface area contributed by atoms with E-state index in [1.165, 1.54) is 19.6 Å². The van der Waals surface area contributed by atoms with E-state index < -0.39 is 18.0 Å². The summed E-state index contributed by atoms with van der Waals surface area (Å²) in [6.45, 7) is 5.97. The van der Waals surface area contributed by atoms with Gasteiger partial charge in [0.2, 0.25) is 0 Å². The lowest BCUT2D eigenvalue weighted by Crippen LogP contribution is -2.30. The fourth-order valence-corrected chi connectivity index (χ4v) is 3.37. The highest BCUT2D eigenvalue weighted by Crippen LogP contribution is 2.19. The Hall–Kier alpha value is -4.01. The van der Waals surface area contributed by atoms with Crippen molar-refractivity contribution in [1.82, 2.24) is 24.5 Å². The predicted octanol–water partition coefficient (Wildman–Crippen LogP) is 3.00. The largest absolute Gasteiger partial charge is 0.449 e. The summed E-state index contributed by atoms with van der Waals surface area (Å²) in [5, 5.41) is 2.65. The monoisotopic (exact) mass is 418 g/mol. The Kier molecular flexibility index (Phi) is 5.48. The number of hydrogen-bond donors (Lipinski definition) is 2. The van der Waals surface area contributed by atoms with Crippen molar-refractivity contribution in [2.45, 2.75) is 33.4 Å². The lowest BCUT2D eigenvalue weighted by Gasteiger charge is -2.14. The molecule has 1 aromatic carbocycles. The zero-order valence-corrected chi connectivity index (χ0v) is 17.4. The summed E-state index contributed by atoms with van der Waals surface area (Å²) in [6.07, 6.45) is 1.75. The van der Waals surface area contributed by atoms with Gasteiger partial charge in [-0.1, -0.05) is 30.3 Å². The highest BCUT2D eigenvalue weighted by Gasteiger charge is 2.23. The predicted molar refractivity (Wildman–Crippen MR) is 115 cm³/mol. The molecule has 4 rings (SSSR count). The van der Waals surface area contributed by atoms with E-state index in [4.69, 9.17) is 4.74 Å². The van der Waals surface area contributed by atoms with Crippen LogP contribution in [-0.4, -0.2) is 42.5 Å². The second-order valence-corrected chi connectivity index (χ2v) is 7.22. The van der Waals surface area contributed by atoms with Gasteiger partial charge in [0.05, 0.1) is 11.9 Å². The molecule has 0 bridgehead atoms. The summed E-state index contributed by atoms with van der Waals surface area (Å²) in [7, 11) is 0. The molecule has 4 aromatic rings. The molecule has 3 heterocycles. The first-order valence-corrected chi connectivity index (χ1v) is 9.80. The number of esters is 1. The molecule has 0 saturated heterocycles. The number of fused-ring (bicyclic) bond motifs is 1. The van der Waals surface area contributed by atoms with Crippen LogP contribution in [0.4, 0.5) is 5.82 Å². The normalized spacial score (nSPS) is 12.0. The molecule has 158 valence electrons. The number of rotatable bonds is 6. The van der Waals surface area contributed by atoms with Crippen molar-refractivity contribution in [3.05, 3.63) is 71.6 Å². The zero-order valence-electron chi connectivity index (χ0n) is 17.4. The third-order valence-electron chi connectivity index (χ3n) is 5.09. The third kappa shape index (κ3) is 4.16. The summed E-state index contributed by atoms with van der Waals surface area (Å²) in [5.74, 6) is -0.776. The minimum atomic E-state index is -1.02. The Morgan fingerprint density at radius 1 is 1.16 bits per heavy atom. The van der Waals surface area contributed by atoms with Gasteiger partial charge in [-0.3, -0.25) is 4.79 Å². The Bertz CT molecular complexity index is 1240. The lowest BCUT2D eigenvalue weighted by atomic mass is 10.2. The first kappa shape index (κ1) is 20.3. The van der Waals surface area contributed by atoms with Crippen molar-refractivity contribution in [3.8, 4) is 0 Å². The van der Waals surface area contributed by atoms with Crippen molar-refractivity contribution in [1.29, 1.82) is 0 Å². The number of benzene rings is 1. The van der Waals surface area contributed by atoms with Crippen molar-refractivity contribution in [2.24, 2.45) is 0 Å². The Labute approximate surface area is 178 Å². The van der Waals surface area contributed by atoms with E-state index in [9.17, 15) is 9.59 Å². The number of nitrogens with one attached hydrogen (secondary N) is 2. The van der Waals surface area contributed by atoms with Gasteiger partial charge in [0, 0.05) is 17.9 Å². The van der Waals surface area contributed by atoms with Crippen LogP contribution in [-0.2, 0) is 16.1 Å². The van der Waals surface area contributed by atoms with Gasteiger partial charge in [0.1, 0.15) is 11.8 Å². The SMILES string of the molecule is Cc1cc(C(=O)OC(C)C(=O)Nc2ncnc3nc[nH]c23)c(C)n1Cc1ccccc1. The molecule has 0 spiro atoms.